The van der Waals surface area contributed by atoms with Crippen molar-refractivity contribution in [2.45, 2.75) is 65.0 Å². The molecule has 12 heavy (non-hydrogen) atoms. The van der Waals surface area contributed by atoms with Crippen LogP contribution in [-0.4, -0.2) is 12.1 Å². The average Bonchev–Trinajstić information content (AvgIpc) is 2.15. The zero-order chi connectivity index (χ0) is 8.97. The Morgan fingerprint density at radius 1 is 1.08 bits per heavy atom. The monoisotopic (exact) mass is 169 g/mol. The van der Waals surface area contributed by atoms with Gasteiger partial charge in [0, 0.05) is 12.1 Å². The minimum atomic E-state index is 0.656. The van der Waals surface area contributed by atoms with Gasteiger partial charge >= 0.3 is 0 Å². The van der Waals surface area contributed by atoms with Crippen molar-refractivity contribution in [3.8, 4) is 0 Å². The van der Waals surface area contributed by atoms with Crippen LogP contribution in [0.5, 0.6) is 0 Å². The third-order valence-electron chi connectivity index (χ3n) is 2.83. The van der Waals surface area contributed by atoms with E-state index in [2.05, 4.69) is 26.1 Å². The minimum absolute atomic E-state index is 0.656. The van der Waals surface area contributed by atoms with Crippen molar-refractivity contribution in [1.82, 2.24) is 5.32 Å². The Morgan fingerprint density at radius 2 is 1.83 bits per heavy atom. The summed E-state index contributed by atoms with van der Waals surface area (Å²) in [5.41, 5.74) is 0. The van der Waals surface area contributed by atoms with Crippen LogP contribution in [0.1, 0.15) is 52.9 Å². The van der Waals surface area contributed by atoms with Crippen LogP contribution in [0.4, 0.5) is 0 Å². The molecule has 72 valence electrons. The van der Waals surface area contributed by atoms with Crippen molar-refractivity contribution in [2.75, 3.05) is 0 Å². The third kappa shape index (κ3) is 3.57. The fourth-order valence-corrected chi connectivity index (χ4v) is 2.13. The van der Waals surface area contributed by atoms with E-state index in [1.54, 1.807) is 0 Å². The van der Waals surface area contributed by atoms with E-state index in [0.717, 1.165) is 12.0 Å². The van der Waals surface area contributed by atoms with Gasteiger partial charge in [0.2, 0.25) is 0 Å². The van der Waals surface area contributed by atoms with Crippen LogP contribution in [0.3, 0.4) is 0 Å². The summed E-state index contributed by atoms with van der Waals surface area (Å²) < 4.78 is 0. The molecule has 0 aromatic rings. The Kier molecular flexibility index (Phi) is 4.07. The molecular weight excluding hydrogens is 146 g/mol. The Bertz CT molecular complexity index is 120. The first-order chi connectivity index (χ1) is 5.68. The minimum Gasteiger partial charge on any atom is -0.312 e. The maximum absolute atomic E-state index is 3.64. The SMILES string of the molecule is CC1CCCC(NC(C)C)CC1. The van der Waals surface area contributed by atoms with Crippen LogP contribution in [-0.2, 0) is 0 Å². The molecule has 0 spiro atoms. The largest absolute Gasteiger partial charge is 0.312 e. The topological polar surface area (TPSA) is 12.0 Å². The Hall–Kier alpha value is -0.0400. The lowest BCUT2D eigenvalue weighted by atomic mass is 10.0. The van der Waals surface area contributed by atoms with Gasteiger partial charge in [0.15, 0.2) is 0 Å². The molecule has 1 nitrogen and oxygen atoms in total. The van der Waals surface area contributed by atoms with Gasteiger partial charge in [0.25, 0.3) is 0 Å². The van der Waals surface area contributed by atoms with Gasteiger partial charge in [-0.05, 0) is 25.2 Å². The van der Waals surface area contributed by atoms with Crippen molar-refractivity contribution >= 4 is 0 Å². The molecule has 0 aromatic heterocycles. The molecule has 1 fully saturated rings. The van der Waals surface area contributed by atoms with E-state index in [4.69, 9.17) is 0 Å². The molecule has 0 aliphatic heterocycles. The van der Waals surface area contributed by atoms with E-state index in [9.17, 15) is 0 Å². The highest BCUT2D eigenvalue weighted by molar-refractivity contribution is 4.74. The summed E-state index contributed by atoms with van der Waals surface area (Å²) in [4.78, 5) is 0. The van der Waals surface area contributed by atoms with Gasteiger partial charge in [0.1, 0.15) is 0 Å². The highest BCUT2D eigenvalue weighted by Crippen LogP contribution is 2.22. The van der Waals surface area contributed by atoms with Crippen LogP contribution in [0.15, 0.2) is 0 Å². The predicted octanol–water partition coefficient (Wildman–Crippen LogP) is 2.95. The number of nitrogens with one attached hydrogen (secondary N) is 1. The van der Waals surface area contributed by atoms with Crippen LogP contribution in [0, 0.1) is 5.92 Å². The molecule has 2 unspecified atom stereocenters. The van der Waals surface area contributed by atoms with Crippen molar-refractivity contribution in [3.05, 3.63) is 0 Å². The molecule has 1 rings (SSSR count). The van der Waals surface area contributed by atoms with Gasteiger partial charge in [-0.2, -0.15) is 0 Å². The molecule has 1 saturated carbocycles. The van der Waals surface area contributed by atoms with Crippen molar-refractivity contribution in [1.29, 1.82) is 0 Å². The summed E-state index contributed by atoms with van der Waals surface area (Å²) in [6.45, 7) is 6.88. The molecule has 0 saturated heterocycles. The zero-order valence-electron chi connectivity index (χ0n) is 8.77. The lowest BCUT2D eigenvalue weighted by Crippen LogP contribution is -2.34. The van der Waals surface area contributed by atoms with Crippen molar-refractivity contribution in [2.24, 2.45) is 5.92 Å². The van der Waals surface area contributed by atoms with Crippen LogP contribution < -0.4 is 5.32 Å². The molecule has 1 heteroatoms. The Labute approximate surface area is 76.9 Å². The second-order valence-corrected chi connectivity index (χ2v) is 4.63. The molecule has 1 N–H and O–H groups in total. The van der Waals surface area contributed by atoms with Gasteiger partial charge in [-0.15, -0.1) is 0 Å². The van der Waals surface area contributed by atoms with Gasteiger partial charge in [-0.1, -0.05) is 33.6 Å². The summed E-state index contributed by atoms with van der Waals surface area (Å²) in [7, 11) is 0. The Balaban J connectivity index is 2.26. The lowest BCUT2D eigenvalue weighted by molar-refractivity contribution is 0.415. The molecule has 0 heterocycles. The molecule has 2 atom stereocenters. The van der Waals surface area contributed by atoms with E-state index in [-0.39, 0.29) is 0 Å². The Morgan fingerprint density at radius 3 is 2.50 bits per heavy atom. The van der Waals surface area contributed by atoms with E-state index < -0.39 is 0 Å². The molecule has 1 aliphatic rings. The maximum atomic E-state index is 3.64. The number of hydrogen-bond donors (Lipinski definition) is 1. The van der Waals surface area contributed by atoms with E-state index in [1.165, 1.54) is 32.1 Å². The van der Waals surface area contributed by atoms with Crippen molar-refractivity contribution in [3.63, 3.8) is 0 Å². The summed E-state index contributed by atoms with van der Waals surface area (Å²) in [6.07, 6.45) is 7.06. The fraction of sp³-hybridized carbons (Fsp3) is 1.00. The van der Waals surface area contributed by atoms with Crippen molar-refractivity contribution < 1.29 is 0 Å². The number of hydrogen-bond acceptors (Lipinski definition) is 1. The zero-order valence-corrected chi connectivity index (χ0v) is 8.77. The summed E-state index contributed by atoms with van der Waals surface area (Å²) in [6, 6.07) is 1.46. The summed E-state index contributed by atoms with van der Waals surface area (Å²) >= 11 is 0. The van der Waals surface area contributed by atoms with E-state index >= 15 is 0 Å². The molecule has 1 aliphatic carbocycles. The molecule has 0 radical (unpaired) electrons. The highest BCUT2D eigenvalue weighted by atomic mass is 14.9. The first kappa shape index (κ1) is 10.0. The summed E-state index contributed by atoms with van der Waals surface area (Å²) in [5, 5.41) is 3.64. The number of rotatable bonds is 2. The van der Waals surface area contributed by atoms with Crippen LogP contribution >= 0.6 is 0 Å². The fourth-order valence-electron chi connectivity index (χ4n) is 2.13. The van der Waals surface area contributed by atoms with Gasteiger partial charge < -0.3 is 5.32 Å². The molecule has 0 amide bonds. The average molecular weight is 169 g/mol. The van der Waals surface area contributed by atoms with Crippen LogP contribution in [0.25, 0.3) is 0 Å². The van der Waals surface area contributed by atoms with Gasteiger partial charge in [-0.25, -0.2) is 0 Å². The second-order valence-electron chi connectivity index (χ2n) is 4.63. The smallest absolute Gasteiger partial charge is 0.00695 e. The normalized spacial score (nSPS) is 32.0. The molecular formula is C11H23N. The summed E-state index contributed by atoms with van der Waals surface area (Å²) in [5.74, 6) is 0.962. The highest BCUT2D eigenvalue weighted by Gasteiger charge is 2.15. The van der Waals surface area contributed by atoms with Gasteiger partial charge in [0.05, 0.1) is 0 Å². The quantitative estimate of drug-likeness (QED) is 0.627. The predicted molar refractivity (Wildman–Crippen MR) is 54.3 cm³/mol. The first-order valence-corrected chi connectivity index (χ1v) is 5.44. The van der Waals surface area contributed by atoms with Crippen LogP contribution in [0.2, 0.25) is 0 Å². The second kappa shape index (κ2) is 4.86. The maximum Gasteiger partial charge on any atom is 0.00695 e. The van der Waals surface area contributed by atoms with E-state index in [0.29, 0.717) is 6.04 Å². The first-order valence-electron chi connectivity index (χ1n) is 5.44. The standard InChI is InChI=1S/C11H23N/c1-9(2)12-11-6-4-5-10(3)7-8-11/h9-12H,4-8H2,1-3H3. The molecule has 0 aromatic carbocycles. The lowest BCUT2D eigenvalue weighted by Gasteiger charge is -2.19. The molecule has 0 bridgehead atoms. The van der Waals surface area contributed by atoms with Gasteiger partial charge in [-0.3, -0.25) is 0 Å². The van der Waals surface area contributed by atoms with E-state index in [1.807, 2.05) is 0 Å². The third-order valence-corrected chi connectivity index (χ3v) is 2.83.